The van der Waals surface area contributed by atoms with Crippen LogP contribution in [0.4, 0.5) is 5.82 Å². The maximum absolute atomic E-state index is 12.7. The van der Waals surface area contributed by atoms with Gasteiger partial charge in [-0.3, -0.25) is 19.1 Å². The van der Waals surface area contributed by atoms with Gasteiger partial charge >= 0.3 is 0 Å². The lowest BCUT2D eigenvalue weighted by molar-refractivity contribution is -0.119. The number of carbonyl (C=O) groups is 1. The summed E-state index contributed by atoms with van der Waals surface area (Å²) in [6.45, 7) is 5.57. The Labute approximate surface area is 176 Å². The number of aryl methyl sites for hydroxylation is 1. The van der Waals surface area contributed by atoms with E-state index < -0.39 is 0 Å². The van der Waals surface area contributed by atoms with E-state index in [9.17, 15) is 9.59 Å². The molecule has 1 aromatic carbocycles. The van der Waals surface area contributed by atoms with Crippen LogP contribution in [-0.2, 0) is 11.3 Å². The molecule has 4 rings (SSSR count). The first-order valence-electron chi connectivity index (χ1n) is 10.9. The van der Waals surface area contributed by atoms with Crippen LogP contribution in [-0.4, -0.2) is 27.0 Å². The van der Waals surface area contributed by atoms with E-state index >= 15 is 0 Å². The Morgan fingerprint density at radius 1 is 1.07 bits per heavy atom. The Hall–Kier alpha value is -3.02. The minimum atomic E-state index is -0.0195. The van der Waals surface area contributed by atoms with E-state index in [1.807, 2.05) is 42.2 Å². The summed E-state index contributed by atoms with van der Waals surface area (Å²) in [4.78, 5) is 36.2. The maximum atomic E-state index is 12.7. The number of fused-ring (bicyclic) bond motifs is 1. The van der Waals surface area contributed by atoms with E-state index in [0.29, 0.717) is 35.6 Å². The van der Waals surface area contributed by atoms with E-state index in [1.54, 1.807) is 17.1 Å². The number of hydrogen-bond acceptors (Lipinski definition) is 4. The molecule has 0 spiro atoms. The third-order valence-corrected chi connectivity index (χ3v) is 5.98. The third kappa shape index (κ3) is 3.99. The fourth-order valence-corrected chi connectivity index (χ4v) is 4.17. The second-order valence-electron chi connectivity index (χ2n) is 8.05. The largest absolute Gasteiger partial charge is 0.299 e. The molecule has 0 unspecified atom stereocenters. The monoisotopic (exact) mass is 404 g/mol. The number of anilines is 1. The van der Waals surface area contributed by atoms with Crippen LogP contribution >= 0.6 is 0 Å². The van der Waals surface area contributed by atoms with Crippen LogP contribution in [0.15, 0.2) is 47.7 Å². The number of pyridine rings is 1. The molecule has 156 valence electrons. The van der Waals surface area contributed by atoms with Gasteiger partial charge in [-0.2, -0.15) is 0 Å². The normalized spacial score (nSPS) is 17.3. The van der Waals surface area contributed by atoms with Gasteiger partial charge in [0.15, 0.2) is 0 Å². The average Bonchev–Trinajstić information content (AvgIpc) is 2.97. The van der Waals surface area contributed by atoms with Crippen LogP contribution in [0.5, 0.6) is 0 Å². The third-order valence-electron chi connectivity index (χ3n) is 5.98. The molecule has 6 heteroatoms. The summed E-state index contributed by atoms with van der Waals surface area (Å²) in [6, 6.07) is 9.59. The lowest BCUT2D eigenvalue weighted by Crippen LogP contribution is -2.31. The highest BCUT2D eigenvalue weighted by Gasteiger charge is 2.24. The highest BCUT2D eigenvalue weighted by atomic mass is 16.2. The van der Waals surface area contributed by atoms with Crippen LogP contribution in [0.2, 0.25) is 0 Å². The Morgan fingerprint density at radius 3 is 2.63 bits per heavy atom. The van der Waals surface area contributed by atoms with Gasteiger partial charge in [-0.25, -0.2) is 9.97 Å². The number of aromatic nitrogens is 3. The van der Waals surface area contributed by atoms with Crippen LogP contribution < -0.4 is 10.5 Å². The zero-order chi connectivity index (χ0) is 21.1. The first-order chi connectivity index (χ1) is 14.6. The summed E-state index contributed by atoms with van der Waals surface area (Å²) in [7, 11) is 0. The minimum Gasteiger partial charge on any atom is -0.299 e. The smallest absolute Gasteiger partial charge is 0.261 e. The van der Waals surface area contributed by atoms with E-state index in [-0.39, 0.29) is 11.5 Å². The van der Waals surface area contributed by atoms with Gasteiger partial charge in [0.25, 0.3) is 5.56 Å². The van der Waals surface area contributed by atoms with E-state index in [1.165, 1.54) is 0 Å². The van der Waals surface area contributed by atoms with Gasteiger partial charge < -0.3 is 0 Å². The predicted octanol–water partition coefficient (Wildman–Crippen LogP) is 4.41. The zero-order valence-electron chi connectivity index (χ0n) is 17.7. The van der Waals surface area contributed by atoms with Gasteiger partial charge in [0.1, 0.15) is 5.82 Å². The molecule has 2 aromatic heterocycles. The molecule has 1 amide bonds. The molecular formula is C24H28N4O2. The number of nitrogens with zero attached hydrogens (tertiary/aromatic N) is 4. The van der Waals surface area contributed by atoms with Gasteiger partial charge in [-0.05, 0) is 55.0 Å². The molecule has 1 aliphatic rings. The molecule has 0 bridgehead atoms. The van der Waals surface area contributed by atoms with Crippen LogP contribution in [0.25, 0.3) is 22.0 Å². The van der Waals surface area contributed by atoms with Crippen LogP contribution in [0, 0.1) is 5.92 Å². The first kappa shape index (κ1) is 20.3. The van der Waals surface area contributed by atoms with Crippen LogP contribution in [0.1, 0.15) is 46.0 Å². The molecule has 6 nitrogen and oxygen atoms in total. The summed E-state index contributed by atoms with van der Waals surface area (Å²) in [5, 5.41) is 0.612. The van der Waals surface area contributed by atoms with Crippen molar-refractivity contribution >= 4 is 22.6 Å². The molecule has 1 atom stereocenters. The van der Waals surface area contributed by atoms with Gasteiger partial charge in [0.05, 0.1) is 17.2 Å². The molecule has 3 heterocycles. The average molecular weight is 405 g/mol. The number of benzene rings is 1. The number of carbonyl (C=O) groups excluding carboxylic acids is 1. The molecule has 0 radical (unpaired) electrons. The van der Waals surface area contributed by atoms with Gasteiger partial charge in [-0.1, -0.05) is 26.3 Å². The van der Waals surface area contributed by atoms with Crippen molar-refractivity contribution in [2.45, 2.75) is 52.5 Å². The number of rotatable bonds is 5. The predicted molar refractivity (Wildman–Crippen MR) is 120 cm³/mol. The summed E-state index contributed by atoms with van der Waals surface area (Å²) < 4.78 is 1.65. The molecule has 3 aromatic rings. The molecule has 0 aliphatic carbocycles. The van der Waals surface area contributed by atoms with Crippen molar-refractivity contribution in [3.63, 3.8) is 0 Å². The lowest BCUT2D eigenvalue weighted by Gasteiger charge is -2.20. The first-order valence-corrected chi connectivity index (χ1v) is 10.9. The lowest BCUT2D eigenvalue weighted by atomic mass is 9.98. The number of amides is 1. The highest BCUT2D eigenvalue weighted by molar-refractivity contribution is 5.93. The summed E-state index contributed by atoms with van der Waals surface area (Å²) in [6.07, 6.45) is 8.03. The Bertz CT molecular complexity index is 1100. The molecule has 1 fully saturated rings. The van der Waals surface area contributed by atoms with Crippen LogP contribution in [0.3, 0.4) is 0 Å². The maximum Gasteiger partial charge on any atom is 0.261 e. The molecular weight excluding hydrogens is 376 g/mol. The van der Waals surface area contributed by atoms with E-state index in [2.05, 4.69) is 16.9 Å². The molecule has 0 saturated carbocycles. The summed E-state index contributed by atoms with van der Waals surface area (Å²) in [5.41, 5.74) is 2.51. The highest BCUT2D eigenvalue weighted by Crippen LogP contribution is 2.27. The van der Waals surface area contributed by atoms with E-state index in [0.717, 1.165) is 43.4 Å². The standard InChI is InChI=1S/C24H28N4O2/c1-3-11-27-16-26-21-9-7-18(14-20(21)24(27)30)19-8-10-22(25-15-19)28-12-5-6-17(4-2)13-23(28)29/h7-10,14-17H,3-6,11-13H2,1-2H3/t17-/m0/s1. The Morgan fingerprint density at radius 2 is 1.90 bits per heavy atom. The molecule has 0 N–H and O–H groups in total. The van der Waals surface area contributed by atoms with Crippen molar-refractivity contribution in [3.8, 4) is 11.1 Å². The molecule has 30 heavy (non-hydrogen) atoms. The van der Waals surface area contributed by atoms with Crippen molar-refractivity contribution in [2.24, 2.45) is 5.92 Å². The Kier molecular flexibility index (Phi) is 5.93. The number of hydrogen-bond donors (Lipinski definition) is 0. The zero-order valence-corrected chi connectivity index (χ0v) is 17.7. The van der Waals surface area contributed by atoms with Crippen molar-refractivity contribution in [2.75, 3.05) is 11.4 Å². The minimum absolute atomic E-state index is 0.0195. The summed E-state index contributed by atoms with van der Waals surface area (Å²) >= 11 is 0. The summed E-state index contributed by atoms with van der Waals surface area (Å²) in [5.74, 6) is 1.34. The van der Waals surface area contributed by atoms with Gasteiger partial charge in [0.2, 0.25) is 5.91 Å². The quantitative estimate of drug-likeness (QED) is 0.632. The second-order valence-corrected chi connectivity index (χ2v) is 8.05. The van der Waals surface area contributed by atoms with Crippen molar-refractivity contribution in [3.05, 3.63) is 53.2 Å². The van der Waals surface area contributed by atoms with Crippen molar-refractivity contribution < 1.29 is 4.79 Å². The van der Waals surface area contributed by atoms with Gasteiger partial charge in [-0.15, -0.1) is 0 Å². The topological polar surface area (TPSA) is 68.1 Å². The second kappa shape index (κ2) is 8.78. The Balaban J connectivity index is 1.62. The van der Waals surface area contributed by atoms with Crippen molar-refractivity contribution in [1.29, 1.82) is 0 Å². The molecule has 1 aliphatic heterocycles. The molecule has 1 saturated heterocycles. The fourth-order valence-electron chi connectivity index (χ4n) is 4.17. The van der Waals surface area contributed by atoms with E-state index in [4.69, 9.17) is 0 Å². The van der Waals surface area contributed by atoms with Crippen molar-refractivity contribution in [1.82, 2.24) is 14.5 Å². The van der Waals surface area contributed by atoms with Gasteiger partial charge in [0, 0.05) is 31.3 Å². The SMILES string of the molecule is CCCn1cnc2ccc(-c3ccc(N4CCC[C@H](CC)CC4=O)nc3)cc2c1=O. The fraction of sp³-hybridized carbons (Fsp3) is 0.417.